The molecule has 7 nitrogen and oxygen atoms in total. The first-order valence-electron chi connectivity index (χ1n) is 7.08. The van der Waals surface area contributed by atoms with Gasteiger partial charge in [0.1, 0.15) is 11.5 Å². The molecule has 0 spiro atoms. The minimum Gasteiger partial charge on any atom is -0.455 e. The predicted octanol–water partition coefficient (Wildman–Crippen LogP) is 1.80. The van der Waals surface area contributed by atoms with Crippen molar-refractivity contribution in [2.24, 2.45) is 10.2 Å². The Kier molecular flexibility index (Phi) is 5.71. The number of rotatable bonds is 5. The molecule has 2 aromatic rings. The lowest BCUT2D eigenvalue weighted by Gasteiger charge is -2.09. The average molecular weight is 366 g/mol. The Bertz CT molecular complexity index is 840. The molecule has 0 unspecified atom stereocenters. The van der Waals surface area contributed by atoms with Gasteiger partial charge in [0.2, 0.25) is 10.0 Å². The highest BCUT2D eigenvalue weighted by Crippen LogP contribution is 2.22. The van der Waals surface area contributed by atoms with Crippen LogP contribution in [0.1, 0.15) is 19.6 Å². The molecule has 128 valence electrons. The Balaban J connectivity index is 2.04. The van der Waals surface area contributed by atoms with E-state index in [-0.39, 0.29) is 10.9 Å². The van der Waals surface area contributed by atoms with Crippen molar-refractivity contribution in [3.05, 3.63) is 42.2 Å². The molecule has 1 aromatic carbocycles. The van der Waals surface area contributed by atoms with Crippen molar-refractivity contribution in [2.45, 2.75) is 24.8 Å². The summed E-state index contributed by atoms with van der Waals surface area (Å²) in [6.07, 6.45) is 1.50. The van der Waals surface area contributed by atoms with E-state index >= 15 is 0 Å². The summed E-state index contributed by atoms with van der Waals surface area (Å²) in [5.74, 6) is 1.11. The lowest BCUT2D eigenvalue weighted by molar-refractivity contribution is 0.574. The maximum Gasteiger partial charge on any atom is 0.238 e. The van der Waals surface area contributed by atoms with Gasteiger partial charge >= 0.3 is 0 Å². The maximum atomic E-state index is 11.2. The SMILES string of the molecule is CC(C)NC(=S)N/N=C\c1ccc(-c2ccc(S(N)(=O)=O)cc2)o1. The molecule has 0 bridgehead atoms. The fourth-order valence-electron chi connectivity index (χ4n) is 1.84. The molecule has 4 N–H and O–H groups in total. The van der Waals surface area contributed by atoms with E-state index in [1.54, 1.807) is 24.3 Å². The second-order valence-corrected chi connectivity index (χ2v) is 7.24. The van der Waals surface area contributed by atoms with Crippen LogP contribution in [-0.4, -0.2) is 25.8 Å². The number of primary sulfonamides is 1. The van der Waals surface area contributed by atoms with Crippen molar-refractivity contribution in [1.29, 1.82) is 0 Å². The molecule has 0 aliphatic rings. The summed E-state index contributed by atoms with van der Waals surface area (Å²) in [7, 11) is -3.70. The minimum atomic E-state index is -3.70. The quantitative estimate of drug-likeness (QED) is 0.423. The van der Waals surface area contributed by atoms with E-state index in [4.69, 9.17) is 21.8 Å². The van der Waals surface area contributed by atoms with Crippen molar-refractivity contribution in [2.75, 3.05) is 0 Å². The standard InChI is InChI=1S/C15H18N4O3S2/c1-10(2)18-15(23)19-17-9-12-5-8-14(22-12)11-3-6-13(7-4-11)24(16,20)21/h3-10H,1-2H3,(H2,16,20,21)(H2,18,19,23)/b17-9-. The van der Waals surface area contributed by atoms with E-state index in [0.717, 1.165) is 5.56 Å². The van der Waals surface area contributed by atoms with Gasteiger partial charge in [-0.3, -0.25) is 5.43 Å². The molecule has 0 amide bonds. The van der Waals surface area contributed by atoms with Crippen molar-refractivity contribution in [3.63, 3.8) is 0 Å². The van der Waals surface area contributed by atoms with E-state index in [1.807, 2.05) is 13.8 Å². The van der Waals surface area contributed by atoms with E-state index in [1.165, 1.54) is 18.3 Å². The van der Waals surface area contributed by atoms with Gasteiger partial charge in [-0.2, -0.15) is 5.10 Å². The van der Waals surface area contributed by atoms with E-state index in [2.05, 4.69) is 15.8 Å². The van der Waals surface area contributed by atoms with Gasteiger partial charge in [0.15, 0.2) is 5.11 Å². The molecule has 0 saturated carbocycles. The van der Waals surface area contributed by atoms with Crippen LogP contribution in [0, 0.1) is 0 Å². The van der Waals surface area contributed by atoms with Crippen molar-refractivity contribution < 1.29 is 12.8 Å². The van der Waals surface area contributed by atoms with Crippen molar-refractivity contribution in [1.82, 2.24) is 10.7 Å². The van der Waals surface area contributed by atoms with Crippen molar-refractivity contribution >= 4 is 33.6 Å². The van der Waals surface area contributed by atoms with E-state index in [9.17, 15) is 8.42 Å². The third-order valence-corrected chi connectivity index (χ3v) is 4.01. The summed E-state index contributed by atoms with van der Waals surface area (Å²) in [6.45, 7) is 3.94. The van der Waals surface area contributed by atoms with Crippen LogP contribution in [0.5, 0.6) is 0 Å². The first kappa shape index (κ1) is 18.1. The number of nitrogens with zero attached hydrogens (tertiary/aromatic N) is 1. The number of benzene rings is 1. The predicted molar refractivity (Wildman–Crippen MR) is 97.1 cm³/mol. The topological polar surface area (TPSA) is 110 Å². The zero-order chi connectivity index (χ0) is 17.7. The molecule has 9 heteroatoms. The molecular formula is C15H18N4O3S2. The van der Waals surface area contributed by atoms with Gasteiger partial charge in [0.05, 0.1) is 11.1 Å². The summed E-state index contributed by atoms with van der Waals surface area (Å²) in [5.41, 5.74) is 3.41. The lowest BCUT2D eigenvalue weighted by Crippen LogP contribution is -2.36. The first-order valence-corrected chi connectivity index (χ1v) is 9.04. The van der Waals surface area contributed by atoms with Gasteiger partial charge in [-0.05, 0) is 62.5 Å². The number of nitrogens with one attached hydrogen (secondary N) is 2. The van der Waals surface area contributed by atoms with Gasteiger partial charge < -0.3 is 9.73 Å². The Morgan fingerprint density at radius 2 is 1.92 bits per heavy atom. The highest BCUT2D eigenvalue weighted by atomic mass is 32.2. The fourth-order valence-corrected chi connectivity index (χ4v) is 2.64. The number of nitrogens with two attached hydrogens (primary N) is 1. The zero-order valence-corrected chi connectivity index (χ0v) is 14.8. The molecule has 1 heterocycles. The molecule has 0 atom stereocenters. The Morgan fingerprint density at radius 1 is 1.25 bits per heavy atom. The van der Waals surface area contributed by atoms with Crippen LogP contribution >= 0.6 is 12.2 Å². The van der Waals surface area contributed by atoms with Crippen LogP contribution in [0.15, 0.2) is 50.8 Å². The molecule has 0 fully saturated rings. The highest BCUT2D eigenvalue weighted by Gasteiger charge is 2.09. The van der Waals surface area contributed by atoms with Crippen molar-refractivity contribution in [3.8, 4) is 11.3 Å². The highest BCUT2D eigenvalue weighted by molar-refractivity contribution is 7.89. The monoisotopic (exact) mass is 366 g/mol. The maximum absolute atomic E-state index is 11.2. The van der Waals surface area contributed by atoms with Crippen LogP contribution in [0.4, 0.5) is 0 Å². The number of sulfonamides is 1. The molecule has 0 aliphatic carbocycles. The number of hydrazone groups is 1. The number of thiocarbonyl (C=S) groups is 1. The average Bonchev–Trinajstić information content (AvgIpc) is 2.94. The van der Waals surface area contributed by atoms with Gasteiger partial charge in [-0.15, -0.1) is 0 Å². The molecule has 0 saturated heterocycles. The second kappa shape index (κ2) is 7.56. The summed E-state index contributed by atoms with van der Waals surface area (Å²) >= 11 is 5.04. The number of hydrogen-bond acceptors (Lipinski definition) is 5. The molecule has 0 aliphatic heterocycles. The van der Waals surface area contributed by atoms with Gasteiger partial charge in [0, 0.05) is 11.6 Å². The number of hydrogen-bond donors (Lipinski definition) is 3. The summed E-state index contributed by atoms with van der Waals surface area (Å²) < 4.78 is 28.1. The second-order valence-electron chi connectivity index (χ2n) is 5.27. The van der Waals surface area contributed by atoms with Gasteiger partial charge in [0.25, 0.3) is 0 Å². The Hall–Kier alpha value is -2.23. The van der Waals surface area contributed by atoms with Crippen LogP contribution < -0.4 is 15.9 Å². The molecule has 24 heavy (non-hydrogen) atoms. The zero-order valence-electron chi connectivity index (χ0n) is 13.2. The minimum absolute atomic E-state index is 0.0509. The molecule has 1 aromatic heterocycles. The van der Waals surface area contributed by atoms with Crippen LogP contribution in [-0.2, 0) is 10.0 Å². The van der Waals surface area contributed by atoms with Gasteiger partial charge in [-0.25, -0.2) is 13.6 Å². The Morgan fingerprint density at radius 3 is 2.50 bits per heavy atom. The van der Waals surface area contributed by atoms with Crippen LogP contribution in [0.25, 0.3) is 11.3 Å². The first-order chi connectivity index (χ1) is 11.3. The van der Waals surface area contributed by atoms with E-state index in [0.29, 0.717) is 16.6 Å². The molecular weight excluding hydrogens is 348 g/mol. The largest absolute Gasteiger partial charge is 0.455 e. The summed E-state index contributed by atoms with van der Waals surface area (Å²) in [5, 5.41) is 12.5. The molecule has 2 rings (SSSR count). The summed E-state index contributed by atoms with van der Waals surface area (Å²) in [4.78, 5) is 0.0509. The molecule has 0 radical (unpaired) electrons. The van der Waals surface area contributed by atoms with E-state index < -0.39 is 10.0 Å². The summed E-state index contributed by atoms with van der Waals surface area (Å²) in [6, 6.07) is 9.83. The third kappa shape index (κ3) is 5.15. The number of furan rings is 1. The normalized spacial score (nSPS) is 11.8. The van der Waals surface area contributed by atoms with Crippen LogP contribution in [0.2, 0.25) is 0 Å². The lowest BCUT2D eigenvalue weighted by atomic mass is 10.2. The van der Waals surface area contributed by atoms with Gasteiger partial charge in [-0.1, -0.05) is 0 Å². The smallest absolute Gasteiger partial charge is 0.238 e. The Labute approximate surface area is 146 Å². The van der Waals surface area contributed by atoms with Crippen LogP contribution in [0.3, 0.4) is 0 Å². The fraction of sp³-hybridized carbons (Fsp3) is 0.200. The third-order valence-electron chi connectivity index (χ3n) is 2.87.